The molecule has 2 heterocycles. The molecule has 0 radical (unpaired) electrons. The Morgan fingerprint density at radius 1 is 1.23 bits per heavy atom. The number of nitrogens with zero attached hydrogens (tertiary/aromatic N) is 2. The summed E-state index contributed by atoms with van der Waals surface area (Å²) < 4.78 is 5.40. The average molecular weight is 487 g/mol. The molecule has 2 N–H and O–H groups in total. The zero-order chi connectivity index (χ0) is 26.1. The summed E-state index contributed by atoms with van der Waals surface area (Å²) in [5.41, 5.74) is 1.39. The number of amides is 5. The molecule has 0 saturated carbocycles. The third-order valence-corrected chi connectivity index (χ3v) is 6.05. The topological polar surface area (TPSA) is 125 Å². The van der Waals surface area contributed by atoms with Crippen LogP contribution in [0.25, 0.3) is 0 Å². The molecule has 190 valence electrons. The predicted octanol–water partition coefficient (Wildman–Crippen LogP) is 1.96. The van der Waals surface area contributed by atoms with Crippen LogP contribution in [-0.2, 0) is 32.2 Å². The molecule has 0 bridgehead atoms. The third kappa shape index (κ3) is 5.98. The van der Waals surface area contributed by atoms with Gasteiger partial charge in [-0.25, -0.2) is 4.79 Å². The van der Waals surface area contributed by atoms with Crippen LogP contribution >= 0.6 is 0 Å². The Hall–Kier alpha value is -3.43. The Morgan fingerprint density at radius 3 is 2.51 bits per heavy atom. The highest BCUT2D eigenvalue weighted by atomic mass is 16.6. The quantitative estimate of drug-likeness (QED) is 0.592. The molecule has 1 aromatic rings. The smallest absolute Gasteiger partial charge is 0.410 e. The van der Waals surface area contributed by atoms with Crippen molar-refractivity contribution in [3.8, 4) is 0 Å². The van der Waals surface area contributed by atoms with E-state index in [0.29, 0.717) is 12.0 Å². The summed E-state index contributed by atoms with van der Waals surface area (Å²) in [6.07, 6.45) is -0.0756. The number of rotatable bonds is 6. The van der Waals surface area contributed by atoms with Gasteiger partial charge in [-0.1, -0.05) is 26.0 Å². The van der Waals surface area contributed by atoms with Crippen LogP contribution in [0.2, 0.25) is 0 Å². The monoisotopic (exact) mass is 486 g/mol. The van der Waals surface area contributed by atoms with E-state index in [1.807, 2.05) is 19.9 Å². The molecule has 2 aliphatic heterocycles. The molecule has 2 aliphatic rings. The summed E-state index contributed by atoms with van der Waals surface area (Å²) >= 11 is 0. The maximum atomic E-state index is 13.0. The van der Waals surface area contributed by atoms with E-state index in [0.717, 1.165) is 11.1 Å². The molecule has 1 aromatic carbocycles. The zero-order valence-electron chi connectivity index (χ0n) is 21.1. The number of piperidine rings is 1. The van der Waals surface area contributed by atoms with Gasteiger partial charge < -0.3 is 15.0 Å². The Bertz CT molecular complexity index is 1040. The van der Waals surface area contributed by atoms with E-state index in [4.69, 9.17) is 4.74 Å². The van der Waals surface area contributed by atoms with Crippen molar-refractivity contribution >= 4 is 29.7 Å². The number of fused-ring (bicyclic) bond motifs is 1. The number of hydrogen-bond acceptors (Lipinski definition) is 6. The lowest BCUT2D eigenvalue weighted by Crippen LogP contribution is -2.52. The predicted molar refractivity (Wildman–Crippen MR) is 127 cm³/mol. The molecule has 10 heteroatoms. The fraction of sp³-hybridized carbons (Fsp3) is 0.560. The second-order valence-electron chi connectivity index (χ2n) is 10.4. The van der Waals surface area contributed by atoms with Crippen molar-refractivity contribution in [2.75, 3.05) is 7.05 Å². The molecule has 1 saturated heterocycles. The van der Waals surface area contributed by atoms with Crippen molar-refractivity contribution in [2.45, 2.75) is 78.2 Å². The number of hydrogen-bond donors (Lipinski definition) is 2. The molecule has 3 rings (SSSR count). The van der Waals surface area contributed by atoms with Gasteiger partial charge in [0, 0.05) is 32.1 Å². The lowest BCUT2D eigenvalue weighted by atomic mass is 10.0. The Morgan fingerprint density at radius 2 is 1.91 bits per heavy atom. The normalized spacial score (nSPS) is 18.8. The molecule has 35 heavy (non-hydrogen) atoms. The van der Waals surface area contributed by atoms with Gasteiger partial charge in [0.15, 0.2) is 0 Å². The molecular weight excluding hydrogens is 452 g/mol. The number of imide groups is 1. The maximum absolute atomic E-state index is 13.0. The van der Waals surface area contributed by atoms with Crippen molar-refractivity contribution in [1.82, 2.24) is 20.4 Å². The highest BCUT2D eigenvalue weighted by Crippen LogP contribution is 2.28. The van der Waals surface area contributed by atoms with Gasteiger partial charge in [0.05, 0.1) is 0 Å². The first-order chi connectivity index (χ1) is 16.3. The summed E-state index contributed by atoms with van der Waals surface area (Å²) in [6, 6.07) is 3.89. The Balaban J connectivity index is 1.66. The highest BCUT2D eigenvalue weighted by Gasteiger charge is 2.39. The second-order valence-corrected chi connectivity index (χ2v) is 10.4. The second kappa shape index (κ2) is 10.1. The largest absolute Gasteiger partial charge is 0.444 e. The minimum atomic E-state index is -0.719. The van der Waals surface area contributed by atoms with Gasteiger partial charge in [0.1, 0.15) is 17.7 Å². The van der Waals surface area contributed by atoms with Gasteiger partial charge >= 0.3 is 6.09 Å². The first-order valence-electron chi connectivity index (χ1n) is 11.8. The van der Waals surface area contributed by atoms with Gasteiger partial charge in [0.2, 0.25) is 17.7 Å². The summed E-state index contributed by atoms with van der Waals surface area (Å²) in [4.78, 5) is 64.8. The van der Waals surface area contributed by atoms with Gasteiger partial charge in [-0.2, -0.15) is 0 Å². The molecule has 2 atom stereocenters. The van der Waals surface area contributed by atoms with Crippen LogP contribution in [-0.4, -0.2) is 64.3 Å². The lowest BCUT2D eigenvalue weighted by molar-refractivity contribution is -0.137. The van der Waals surface area contributed by atoms with Gasteiger partial charge in [-0.3, -0.25) is 29.4 Å². The summed E-state index contributed by atoms with van der Waals surface area (Å²) in [6.45, 7) is 9.49. The standard InChI is InChI=1S/C25H34N4O6/c1-14(2)20(28(6)24(34)35-25(3,4)5)22(32)26-12-15-7-8-17-16(11-15)13-29(23(17)33)18-9-10-19(30)27-21(18)31/h7-8,11,14,18,20H,9-10,12-13H2,1-6H3,(H,26,32)(H,27,30,31)/t18?,20-/m1/s1. The Kier molecular flexibility index (Phi) is 7.52. The maximum Gasteiger partial charge on any atom is 0.410 e. The number of nitrogens with one attached hydrogen (secondary N) is 2. The van der Waals surface area contributed by atoms with Gasteiger partial charge in [-0.05, 0) is 50.3 Å². The zero-order valence-corrected chi connectivity index (χ0v) is 21.1. The molecule has 0 spiro atoms. The average Bonchev–Trinajstić information content (AvgIpc) is 3.06. The van der Waals surface area contributed by atoms with Crippen molar-refractivity contribution in [3.05, 3.63) is 34.9 Å². The third-order valence-electron chi connectivity index (χ3n) is 6.05. The minimum absolute atomic E-state index is 0.146. The lowest BCUT2D eigenvalue weighted by Gasteiger charge is -2.32. The van der Waals surface area contributed by atoms with Crippen molar-refractivity contribution < 1.29 is 28.7 Å². The van der Waals surface area contributed by atoms with Crippen LogP contribution < -0.4 is 10.6 Å². The van der Waals surface area contributed by atoms with E-state index >= 15 is 0 Å². The molecule has 0 aliphatic carbocycles. The fourth-order valence-electron chi connectivity index (χ4n) is 4.40. The summed E-state index contributed by atoms with van der Waals surface area (Å²) in [5.74, 6) is -1.49. The van der Waals surface area contributed by atoms with Crippen LogP contribution in [0.15, 0.2) is 18.2 Å². The van der Waals surface area contributed by atoms with Crippen molar-refractivity contribution in [3.63, 3.8) is 0 Å². The molecule has 10 nitrogen and oxygen atoms in total. The van der Waals surface area contributed by atoms with E-state index in [9.17, 15) is 24.0 Å². The van der Waals surface area contributed by atoms with Crippen LogP contribution in [0, 0.1) is 5.92 Å². The molecule has 0 aromatic heterocycles. The fourth-order valence-corrected chi connectivity index (χ4v) is 4.40. The van der Waals surface area contributed by atoms with Crippen LogP contribution in [0.3, 0.4) is 0 Å². The number of ether oxygens (including phenoxy) is 1. The number of benzene rings is 1. The van der Waals surface area contributed by atoms with Crippen LogP contribution in [0.4, 0.5) is 4.79 Å². The van der Waals surface area contributed by atoms with E-state index in [1.54, 1.807) is 40.0 Å². The number of carbonyl (C=O) groups excluding carboxylic acids is 5. The Labute approximate surface area is 205 Å². The van der Waals surface area contributed by atoms with Crippen LogP contribution in [0.1, 0.15) is 68.9 Å². The van der Waals surface area contributed by atoms with Crippen molar-refractivity contribution in [2.24, 2.45) is 5.92 Å². The van der Waals surface area contributed by atoms with Gasteiger partial charge in [-0.15, -0.1) is 0 Å². The van der Waals surface area contributed by atoms with Crippen molar-refractivity contribution in [1.29, 1.82) is 0 Å². The SMILES string of the molecule is CC(C)[C@H](C(=O)NCc1ccc2c(c1)CN(C1CCC(=O)NC1=O)C2=O)N(C)C(=O)OC(C)(C)C. The van der Waals surface area contributed by atoms with E-state index < -0.39 is 29.7 Å². The first kappa shape index (κ1) is 26.2. The summed E-state index contributed by atoms with van der Waals surface area (Å²) in [5, 5.41) is 5.17. The first-order valence-corrected chi connectivity index (χ1v) is 11.8. The van der Waals surface area contributed by atoms with Crippen LogP contribution in [0.5, 0.6) is 0 Å². The number of carbonyl (C=O) groups is 5. The van der Waals surface area contributed by atoms with E-state index in [-0.39, 0.29) is 43.1 Å². The molecule has 1 unspecified atom stereocenters. The number of likely N-dealkylation sites (N-methyl/N-ethyl adjacent to an activating group) is 1. The summed E-state index contributed by atoms with van der Waals surface area (Å²) in [7, 11) is 1.54. The van der Waals surface area contributed by atoms with E-state index in [1.165, 1.54) is 9.80 Å². The minimum Gasteiger partial charge on any atom is -0.444 e. The molecule has 1 fully saturated rings. The highest BCUT2D eigenvalue weighted by molar-refractivity contribution is 6.05. The van der Waals surface area contributed by atoms with Gasteiger partial charge in [0.25, 0.3) is 5.91 Å². The molecular formula is C25H34N4O6. The van der Waals surface area contributed by atoms with E-state index in [2.05, 4.69) is 10.6 Å². The molecule has 5 amide bonds.